The first-order chi connectivity index (χ1) is 11.3. The molecule has 1 aromatic rings. The molecule has 0 bridgehead atoms. The first-order valence-corrected chi connectivity index (χ1v) is 7.47. The minimum absolute atomic E-state index is 0.120. The molecule has 0 aliphatic carbocycles. The van der Waals surface area contributed by atoms with Crippen molar-refractivity contribution in [1.29, 1.82) is 0 Å². The van der Waals surface area contributed by atoms with E-state index in [0.29, 0.717) is 16.9 Å². The van der Waals surface area contributed by atoms with Crippen LogP contribution in [-0.2, 0) is 9.53 Å². The van der Waals surface area contributed by atoms with Gasteiger partial charge < -0.3 is 19.7 Å². The van der Waals surface area contributed by atoms with Crippen LogP contribution in [0.25, 0.3) is 0 Å². The molecule has 0 amide bonds. The van der Waals surface area contributed by atoms with E-state index in [1.54, 1.807) is 13.8 Å². The lowest BCUT2D eigenvalue weighted by atomic mass is 9.98. The Hall–Kier alpha value is -2.60. The van der Waals surface area contributed by atoms with Gasteiger partial charge in [0.05, 0.1) is 17.7 Å². The Kier molecular flexibility index (Phi) is 5.09. The molecule has 0 spiro atoms. The lowest BCUT2D eigenvalue weighted by molar-refractivity contribution is -0.147. The van der Waals surface area contributed by atoms with Gasteiger partial charge in [-0.25, -0.2) is 4.79 Å². The maximum Gasteiger partial charge on any atom is 0.336 e. The second-order valence-corrected chi connectivity index (χ2v) is 5.65. The fourth-order valence-electron chi connectivity index (χ4n) is 2.50. The molecule has 24 heavy (non-hydrogen) atoms. The zero-order valence-electron chi connectivity index (χ0n) is 13.8. The highest BCUT2D eigenvalue weighted by Crippen LogP contribution is 2.44. The van der Waals surface area contributed by atoms with Crippen molar-refractivity contribution in [1.82, 2.24) is 0 Å². The van der Waals surface area contributed by atoms with E-state index in [-0.39, 0.29) is 22.7 Å². The zero-order valence-corrected chi connectivity index (χ0v) is 13.8. The van der Waals surface area contributed by atoms with Crippen LogP contribution in [0.15, 0.2) is 35.9 Å². The van der Waals surface area contributed by atoms with Gasteiger partial charge in [0, 0.05) is 11.6 Å². The summed E-state index contributed by atoms with van der Waals surface area (Å²) >= 11 is 0. The number of rotatable bonds is 5. The molecule has 1 heterocycles. The number of hydrogen-bond acceptors (Lipinski definition) is 6. The van der Waals surface area contributed by atoms with E-state index in [9.17, 15) is 19.8 Å². The number of ketones is 1. The third-order valence-electron chi connectivity index (χ3n) is 3.84. The van der Waals surface area contributed by atoms with Crippen LogP contribution in [-0.4, -0.2) is 34.7 Å². The fraction of sp³-hybridized carbons (Fsp3) is 0.333. The maximum absolute atomic E-state index is 12.2. The number of esters is 1. The molecule has 0 saturated heterocycles. The lowest BCUT2D eigenvalue weighted by Crippen LogP contribution is -2.25. The molecule has 6 nitrogen and oxygen atoms in total. The van der Waals surface area contributed by atoms with Crippen LogP contribution < -0.4 is 4.74 Å². The quantitative estimate of drug-likeness (QED) is 0.372. The second-order valence-electron chi connectivity index (χ2n) is 5.65. The summed E-state index contributed by atoms with van der Waals surface area (Å²) in [6, 6.07) is 2.79. The van der Waals surface area contributed by atoms with Crippen LogP contribution in [0.2, 0.25) is 0 Å². The molecule has 0 fully saturated rings. The van der Waals surface area contributed by atoms with Crippen LogP contribution in [0.1, 0.15) is 42.8 Å². The fourth-order valence-corrected chi connectivity index (χ4v) is 2.50. The Labute approximate surface area is 140 Å². The molecule has 2 rings (SSSR count). The summed E-state index contributed by atoms with van der Waals surface area (Å²) in [6.07, 6.45) is 0.0136. The van der Waals surface area contributed by atoms with Crippen LogP contribution in [0, 0.1) is 0 Å². The normalized spacial score (nSPS) is 19.4. The highest BCUT2D eigenvalue weighted by molar-refractivity contribution is 5.97. The van der Waals surface area contributed by atoms with Gasteiger partial charge in [0.2, 0.25) is 0 Å². The van der Waals surface area contributed by atoms with E-state index in [0.717, 1.165) is 0 Å². The van der Waals surface area contributed by atoms with Gasteiger partial charge in [-0.05, 0) is 32.4 Å². The molecule has 2 atom stereocenters. The SMILES string of the molecule is C=C(C)[C@@H]1Oc2cc(O)c(C(C)=O)cc2[C@H]1OC(=O)C(=CC)CO. The molecular weight excluding hydrogens is 312 g/mol. The summed E-state index contributed by atoms with van der Waals surface area (Å²) in [4.78, 5) is 23.8. The van der Waals surface area contributed by atoms with Gasteiger partial charge in [-0.2, -0.15) is 0 Å². The Morgan fingerprint density at radius 2 is 2.04 bits per heavy atom. The molecule has 2 N–H and O–H groups in total. The summed E-state index contributed by atoms with van der Waals surface area (Å²) in [6.45, 7) is 8.07. The van der Waals surface area contributed by atoms with E-state index >= 15 is 0 Å². The van der Waals surface area contributed by atoms with Crippen molar-refractivity contribution in [3.8, 4) is 11.5 Å². The van der Waals surface area contributed by atoms with E-state index < -0.39 is 24.8 Å². The molecule has 128 valence electrons. The number of aliphatic hydroxyl groups excluding tert-OH is 1. The standard InChI is InChI=1S/C18H20O6/c1-5-11(8-19)18(22)24-17-13-6-12(10(4)20)14(21)7-15(13)23-16(17)9(2)3/h5-7,16-17,19,21H,2,8H2,1,3-4H3/t16-,17+/m0/s1. The van der Waals surface area contributed by atoms with Gasteiger partial charge in [0.25, 0.3) is 0 Å². The number of benzene rings is 1. The largest absolute Gasteiger partial charge is 0.507 e. The number of aliphatic hydroxyl groups is 1. The number of Topliss-reactive ketones (excluding diaryl/α,β-unsaturated/α-hetero) is 1. The summed E-state index contributed by atoms with van der Waals surface area (Å²) in [5, 5.41) is 19.1. The zero-order chi connectivity index (χ0) is 18.0. The van der Waals surface area contributed by atoms with Gasteiger partial charge in [-0.1, -0.05) is 12.7 Å². The summed E-state index contributed by atoms with van der Waals surface area (Å²) in [5.74, 6) is -0.860. The smallest absolute Gasteiger partial charge is 0.336 e. The highest BCUT2D eigenvalue weighted by atomic mass is 16.6. The van der Waals surface area contributed by atoms with Crippen molar-refractivity contribution in [2.45, 2.75) is 33.0 Å². The van der Waals surface area contributed by atoms with Gasteiger partial charge in [-0.15, -0.1) is 0 Å². The van der Waals surface area contributed by atoms with Gasteiger partial charge in [0.1, 0.15) is 11.5 Å². The van der Waals surface area contributed by atoms with E-state index in [4.69, 9.17) is 9.47 Å². The lowest BCUT2D eigenvalue weighted by Gasteiger charge is -2.20. The molecule has 1 aliphatic heterocycles. The molecule has 0 radical (unpaired) electrons. The molecule has 6 heteroatoms. The van der Waals surface area contributed by atoms with Gasteiger partial charge in [-0.3, -0.25) is 4.79 Å². The minimum Gasteiger partial charge on any atom is -0.507 e. The average molecular weight is 332 g/mol. The molecular formula is C18H20O6. The molecule has 0 saturated carbocycles. The molecule has 0 aromatic heterocycles. The van der Waals surface area contributed by atoms with Crippen molar-refractivity contribution >= 4 is 11.8 Å². The van der Waals surface area contributed by atoms with Gasteiger partial charge in [0.15, 0.2) is 18.0 Å². The van der Waals surface area contributed by atoms with Crippen LogP contribution in [0.3, 0.4) is 0 Å². The maximum atomic E-state index is 12.2. The van der Waals surface area contributed by atoms with Gasteiger partial charge >= 0.3 is 5.97 Å². The summed E-state index contributed by atoms with van der Waals surface area (Å²) < 4.78 is 11.2. The third kappa shape index (κ3) is 3.19. The predicted molar refractivity (Wildman–Crippen MR) is 87.0 cm³/mol. The first-order valence-electron chi connectivity index (χ1n) is 7.47. The van der Waals surface area contributed by atoms with E-state index in [2.05, 4.69) is 6.58 Å². The average Bonchev–Trinajstić information content (AvgIpc) is 2.85. The third-order valence-corrected chi connectivity index (χ3v) is 3.84. The molecule has 1 aromatic carbocycles. The van der Waals surface area contributed by atoms with Crippen molar-refractivity contribution in [2.24, 2.45) is 0 Å². The second kappa shape index (κ2) is 6.88. The number of ether oxygens (including phenoxy) is 2. The number of allylic oxidation sites excluding steroid dienone is 1. The van der Waals surface area contributed by atoms with E-state index in [1.807, 2.05) is 0 Å². The Morgan fingerprint density at radius 3 is 2.54 bits per heavy atom. The van der Waals surface area contributed by atoms with Crippen molar-refractivity contribution in [3.05, 3.63) is 47.1 Å². The number of hydrogen-bond donors (Lipinski definition) is 2. The molecule has 1 aliphatic rings. The topological polar surface area (TPSA) is 93.1 Å². The van der Waals surface area contributed by atoms with Crippen LogP contribution >= 0.6 is 0 Å². The Morgan fingerprint density at radius 1 is 1.38 bits per heavy atom. The van der Waals surface area contributed by atoms with Crippen LogP contribution in [0.4, 0.5) is 0 Å². The van der Waals surface area contributed by atoms with E-state index in [1.165, 1.54) is 25.1 Å². The first kappa shape index (κ1) is 17.7. The number of aromatic hydroxyl groups is 1. The Bertz CT molecular complexity index is 731. The number of carbonyl (C=O) groups excluding carboxylic acids is 2. The summed E-state index contributed by atoms with van der Waals surface area (Å²) in [5.41, 5.74) is 1.34. The Balaban J connectivity index is 2.45. The van der Waals surface area contributed by atoms with Crippen molar-refractivity contribution in [3.63, 3.8) is 0 Å². The van der Waals surface area contributed by atoms with Crippen LogP contribution in [0.5, 0.6) is 11.5 Å². The monoisotopic (exact) mass is 332 g/mol. The number of phenols is 1. The summed E-state index contributed by atoms with van der Waals surface area (Å²) in [7, 11) is 0. The van der Waals surface area contributed by atoms with Crippen molar-refractivity contribution in [2.75, 3.05) is 6.61 Å². The number of carbonyl (C=O) groups is 2. The highest BCUT2D eigenvalue weighted by Gasteiger charge is 2.39. The number of fused-ring (bicyclic) bond motifs is 1. The predicted octanol–water partition coefficient (Wildman–Crippen LogP) is 2.45. The molecule has 0 unspecified atom stereocenters. The minimum atomic E-state index is -0.815. The number of phenolic OH excluding ortho intramolecular Hbond substituents is 1. The van der Waals surface area contributed by atoms with Crippen molar-refractivity contribution < 1.29 is 29.3 Å².